The number of para-hydroxylation sites is 1. The van der Waals surface area contributed by atoms with E-state index < -0.39 is 0 Å². The van der Waals surface area contributed by atoms with Crippen LogP contribution in [0.25, 0.3) is 0 Å². The first-order chi connectivity index (χ1) is 11.5. The first-order valence-electron chi connectivity index (χ1n) is 7.90. The van der Waals surface area contributed by atoms with E-state index in [4.69, 9.17) is 4.74 Å². The molecule has 2 amide bonds. The molecule has 2 N–H and O–H groups in total. The van der Waals surface area contributed by atoms with Gasteiger partial charge in [0.25, 0.3) is 11.8 Å². The lowest BCUT2D eigenvalue weighted by Crippen LogP contribution is -2.31. The summed E-state index contributed by atoms with van der Waals surface area (Å²) in [6.07, 6.45) is 0.874. The topological polar surface area (TPSA) is 67.4 Å². The number of benzene rings is 2. The second kappa shape index (κ2) is 8.15. The predicted octanol–water partition coefficient (Wildman–Crippen LogP) is 3.48. The van der Waals surface area contributed by atoms with Crippen molar-refractivity contribution in [2.45, 2.75) is 26.3 Å². The Balaban J connectivity index is 2.06. The number of ether oxygens (including phenoxy) is 1. The molecule has 0 heterocycles. The molecular formula is C19H22N2O3. The zero-order chi connectivity index (χ0) is 17.5. The molecule has 24 heavy (non-hydrogen) atoms. The molecule has 5 nitrogen and oxygen atoms in total. The fourth-order valence-corrected chi connectivity index (χ4v) is 2.14. The van der Waals surface area contributed by atoms with Crippen LogP contribution >= 0.6 is 0 Å². The van der Waals surface area contributed by atoms with E-state index in [2.05, 4.69) is 10.6 Å². The summed E-state index contributed by atoms with van der Waals surface area (Å²) in [5.41, 5.74) is 1.63. The Hall–Kier alpha value is -2.82. The summed E-state index contributed by atoms with van der Waals surface area (Å²) < 4.78 is 5.19. The van der Waals surface area contributed by atoms with Crippen molar-refractivity contribution in [3.05, 3.63) is 59.7 Å². The highest BCUT2D eigenvalue weighted by Crippen LogP contribution is 2.19. The second-order valence-corrected chi connectivity index (χ2v) is 5.51. The summed E-state index contributed by atoms with van der Waals surface area (Å²) >= 11 is 0. The SMILES string of the molecule is CC[C@H](C)NC(=O)c1ccc(NC(=O)c2ccccc2OC)cc1. The van der Waals surface area contributed by atoms with Crippen molar-refractivity contribution in [3.8, 4) is 5.75 Å². The van der Waals surface area contributed by atoms with E-state index in [0.717, 1.165) is 6.42 Å². The molecule has 0 aromatic heterocycles. The molecule has 2 aromatic carbocycles. The quantitative estimate of drug-likeness (QED) is 0.854. The van der Waals surface area contributed by atoms with Gasteiger partial charge in [-0.25, -0.2) is 0 Å². The summed E-state index contributed by atoms with van der Waals surface area (Å²) in [5, 5.41) is 5.70. The molecule has 0 saturated carbocycles. The molecule has 0 unspecified atom stereocenters. The van der Waals surface area contributed by atoms with Crippen LogP contribution in [0.5, 0.6) is 5.75 Å². The van der Waals surface area contributed by atoms with E-state index in [0.29, 0.717) is 22.6 Å². The second-order valence-electron chi connectivity index (χ2n) is 5.51. The standard InChI is InChI=1S/C19H22N2O3/c1-4-13(2)20-18(22)14-9-11-15(12-10-14)21-19(23)16-7-5-6-8-17(16)24-3/h5-13H,4H2,1-3H3,(H,20,22)(H,21,23)/t13-/m0/s1. The average Bonchev–Trinajstić information content (AvgIpc) is 2.61. The Morgan fingerprint density at radius 2 is 1.71 bits per heavy atom. The van der Waals surface area contributed by atoms with E-state index in [1.165, 1.54) is 7.11 Å². The van der Waals surface area contributed by atoms with Gasteiger partial charge in [0.1, 0.15) is 5.75 Å². The highest BCUT2D eigenvalue weighted by Gasteiger charge is 2.12. The van der Waals surface area contributed by atoms with E-state index in [1.54, 1.807) is 48.5 Å². The predicted molar refractivity (Wildman–Crippen MR) is 94.6 cm³/mol. The minimum atomic E-state index is -0.260. The number of hydrogen-bond donors (Lipinski definition) is 2. The fraction of sp³-hybridized carbons (Fsp3) is 0.263. The molecule has 0 aliphatic carbocycles. The van der Waals surface area contributed by atoms with Crippen molar-refractivity contribution in [2.75, 3.05) is 12.4 Å². The Morgan fingerprint density at radius 1 is 1.04 bits per heavy atom. The summed E-state index contributed by atoms with van der Waals surface area (Å²) in [7, 11) is 1.52. The van der Waals surface area contributed by atoms with Gasteiger partial charge in [-0.05, 0) is 49.7 Å². The molecule has 0 fully saturated rings. The van der Waals surface area contributed by atoms with Crippen LogP contribution in [0.2, 0.25) is 0 Å². The van der Waals surface area contributed by atoms with Gasteiger partial charge >= 0.3 is 0 Å². The van der Waals surface area contributed by atoms with Crippen LogP contribution in [0.3, 0.4) is 0 Å². The van der Waals surface area contributed by atoms with Gasteiger partial charge in [0, 0.05) is 17.3 Å². The molecule has 5 heteroatoms. The Morgan fingerprint density at radius 3 is 2.33 bits per heavy atom. The van der Waals surface area contributed by atoms with Gasteiger partial charge in [0.15, 0.2) is 0 Å². The maximum absolute atomic E-state index is 12.3. The summed E-state index contributed by atoms with van der Waals surface area (Å²) in [6.45, 7) is 3.97. The fourth-order valence-electron chi connectivity index (χ4n) is 2.14. The lowest BCUT2D eigenvalue weighted by molar-refractivity contribution is 0.0938. The minimum Gasteiger partial charge on any atom is -0.496 e. The number of anilines is 1. The maximum Gasteiger partial charge on any atom is 0.259 e. The first-order valence-corrected chi connectivity index (χ1v) is 7.90. The minimum absolute atomic E-state index is 0.119. The van der Waals surface area contributed by atoms with Crippen LogP contribution in [-0.2, 0) is 0 Å². The number of nitrogens with one attached hydrogen (secondary N) is 2. The van der Waals surface area contributed by atoms with Gasteiger partial charge in [-0.3, -0.25) is 9.59 Å². The van der Waals surface area contributed by atoms with Crippen LogP contribution < -0.4 is 15.4 Å². The molecule has 0 aliphatic heterocycles. The van der Waals surface area contributed by atoms with Crippen molar-refractivity contribution in [1.29, 1.82) is 0 Å². The van der Waals surface area contributed by atoms with E-state index in [9.17, 15) is 9.59 Å². The first kappa shape index (κ1) is 17.5. The van der Waals surface area contributed by atoms with Crippen molar-refractivity contribution in [2.24, 2.45) is 0 Å². The molecule has 1 atom stereocenters. The summed E-state index contributed by atoms with van der Waals surface area (Å²) in [5.74, 6) is 0.135. The van der Waals surface area contributed by atoms with E-state index in [-0.39, 0.29) is 17.9 Å². The number of hydrogen-bond acceptors (Lipinski definition) is 3. The van der Waals surface area contributed by atoms with Crippen molar-refractivity contribution >= 4 is 17.5 Å². The van der Waals surface area contributed by atoms with E-state index >= 15 is 0 Å². The molecule has 0 bridgehead atoms. The number of methoxy groups -OCH3 is 1. The van der Waals surface area contributed by atoms with Gasteiger partial charge < -0.3 is 15.4 Å². The number of rotatable bonds is 6. The zero-order valence-corrected chi connectivity index (χ0v) is 14.1. The van der Waals surface area contributed by atoms with Gasteiger partial charge in [0.2, 0.25) is 0 Å². The normalized spacial score (nSPS) is 11.5. The van der Waals surface area contributed by atoms with Crippen LogP contribution in [0, 0.1) is 0 Å². The number of amides is 2. The van der Waals surface area contributed by atoms with Crippen molar-refractivity contribution < 1.29 is 14.3 Å². The van der Waals surface area contributed by atoms with Crippen LogP contribution in [0.1, 0.15) is 41.0 Å². The van der Waals surface area contributed by atoms with Crippen LogP contribution in [-0.4, -0.2) is 25.0 Å². The monoisotopic (exact) mass is 326 g/mol. The van der Waals surface area contributed by atoms with Gasteiger partial charge in [-0.2, -0.15) is 0 Å². The largest absolute Gasteiger partial charge is 0.496 e. The summed E-state index contributed by atoms with van der Waals surface area (Å²) in [4.78, 5) is 24.4. The van der Waals surface area contributed by atoms with Crippen LogP contribution in [0.4, 0.5) is 5.69 Å². The highest BCUT2D eigenvalue weighted by molar-refractivity contribution is 6.06. The number of carbonyl (C=O) groups excluding carboxylic acids is 2. The average molecular weight is 326 g/mol. The van der Waals surface area contributed by atoms with Crippen LogP contribution in [0.15, 0.2) is 48.5 Å². The van der Waals surface area contributed by atoms with Gasteiger partial charge in [-0.15, -0.1) is 0 Å². The smallest absolute Gasteiger partial charge is 0.259 e. The molecule has 126 valence electrons. The van der Waals surface area contributed by atoms with Crippen molar-refractivity contribution in [3.63, 3.8) is 0 Å². The third-order valence-corrected chi connectivity index (χ3v) is 3.75. The Kier molecular flexibility index (Phi) is 5.95. The third kappa shape index (κ3) is 4.35. The lowest BCUT2D eigenvalue weighted by atomic mass is 10.1. The zero-order valence-electron chi connectivity index (χ0n) is 14.1. The molecule has 0 radical (unpaired) electrons. The van der Waals surface area contributed by atoms with Gasteiger partial charge in [0.05, 0.1) is 12.7 Å². The van der Waals surface area contributed by atoms with Crippen molar-refractivity contribution in [1.82, 2.24) is 5.32 Å². The highest BCUT2D eigenvalue weighted by atomic mass is 16.5. The molecule has 2 aromatic rings. The van der Waals surface area contributed by atoms with Gasteiger partial charge in [-0.1, -0.05) is 19.1 Å². The number of carbonyl (C=O) groups is 2. The van der Waals surface area contributed by atoms with E-state index in [1.807, 2.05) is 13.8 Å². The maximum atomic E-state index is 12.3. The third-order valence-electron chi connectivity index (χ3n) is 3.75. The molecule has 0 saturated heterocycles. The molecule has 2 rings (SSSR count). The summed E-state index contributed by atoms with van der Waals surface area (Å²) in [6, 6.07) is 13.9. The lowest BCUT2D eigenvalue weighted by Gasteiger charge is -2.12. The molecule has 0 spiro atoms. The molecule has 0 aliphatic rings. The molecular weight excluding hydrogens is 304 g/mol. The Labute approximate surface area is 142 Å². The Bertz CT molecular complexity index is 711.